The smallest absolute Gasteiger partial charge is 0.258 e. The molecule has 190 valence electrons. The lowest BCUT2D eigenvalue weighted by molar-refractivity contribution is -0.153. The van der Waals surface area contributed by atoms with Crippen molar-refractivity contribution in [1.29, 1.82) is 0 Å². The molecule has 36 heavy (non-hydrogen) atoms. The lowest BCUT2D eigenvalue weighted by Gasteiger charge is -2.65. The Bertz CT molecular complexity index is 1230. The third kappa shape index (κ3) is 4.09. The summed E-state index contributed by atoms with van der Waals surface area (Å²) in [6, 6.07) is 4.22. The number of nitrogens with one attached hydrogen (secondary N) is 1. The van der Waals surface area contributed by atoms with Crippen LogP contribution in [-0.2, 0) is 17.8 Å². The van der Waals surface area contributed by atoms with E-state index in [0.717, 1.165) is 30.7 Å². The van der Waals surface area contributed by atoms with Crippen LogP contribution in [0.15, 0.2) is 24.5 Å². The first kappa shape index (κ1) is 23.8. The van der Waals surface area contributed by atoms with Gasteiger partial charge in [-0.05, 0) is 79.2 Å². The third-order valence-electron chi connectivity index (χ3n) is 9.01. The van der Waals surface area contributed by atoms with Gasteiger partial charge in [-0.15, -0.1) is 0 Å². The molecule has 0 spiro atoms. The standard InChI is InChI=1S/C28H32ClFN4O2/c1-26-8-17-9-27(2,13-26)15-28(10-17,14-26)11-22(35)33-24-18-6-7-34(12-21(18)31-16-32-24)25(36)23-19(29)4-3-5-20(23)30/h3-5,16-17H,6-15H2,1-2H3,(H,31,32,33,35). The van der Waals surface area contributed by atoms with Crippen LogP contribution < -0.4 is 5.32 Å². The molecular weight excluding hydrogens is 479 g/mol. The lowest BCUT2D eigenvalue weighted by atomic mass is 9.40. The minimum Gasteiger partial charge on any atom is -0.332 e. The number of rotatable bonds is 4. The molecule has 4 bridgehead atoms. The SMILES string of the molecule is CC12CC3CC(C)(C1)CC(CC(=O)Nc1ncnc4c1CCN(C(=O)c1c(F)cccc1Cl)C4)(C3)C2. The van der Waals surface area contributed by atoms with Crippen LogP contribution in [0.3, 0.4) is 0 Å². The number of halogens is 2. The summed E-state index contributed by atoms with van der Waals surface area (Å²) in [4.78, 5) is 36.6. The fraction of sp³-hybridized carbons (Fsp3) is 0.571. The first-order valence-corrected chi connectivity index (χ1v) is 13.3. The fourth-order valence-electron chi connectivity index (χ4n) is 8.89. The molecule has 7 rings (SSSR count). The summed E-state index contributed by atoms with van der Waals surface area (Å²) in [5.74, 6) is 0.185. The monoisotopic (exact) mass is 510 g/mol. The quantitative estimate of drug-likeness (QED) is 0.564. The van der Waals surface area contributed by atoms with Gasteiger partial charge in [0.05, 0.1) is 22.8 Å². The molecule has 1 N–H and O–H groups in total. The van der Waals surface area contributed by atoms with Gasteiger partial charge >= 0.3 is 0 Å². The highest BCUT2D eigenvalue weighted by molar-refractivity contribution is 6.33. The third-order valence-corrected chi connectivity index (χ3v) is 9.32. The van der Waals surface area contributed by atoms with E-state index < -0.39 is 11.7 Å². The Labute approximate surface area is 216 Å². The number of hydrogen-bond acceptors (Lipinski definition) is 4. The molecule has 1 aliphatic heterocycles. The largest absolute Gasteiger partial charge is 0.332 e. The predicted octanol–water partition coefficient (Wildman–Crippen LogP) is 5.79. The molecule has 4 aliphatic carbocycles. The van der Waals surface area contributed by atoms with Gasteiger partial charge in [0, 0.05) is 18.5 Å². The van der Waals surface area contributed by atoms with E-state index in [0.29, 0.717) is 41.7 Å². The Hall–Kier alpha value is -2.54. The zero-order valence-corrected chi connectivity index (χ0v) is 21.6. The molecular formula is C28H32ClFN4O2. The molecule has 0 radical (unpaired) electrons. The van der Waals surface area contributed by atoms with E-state index in [1.807, 2.05) is 0 Å². The number of aromatic nitrogens is 2. The molecule has 1 aromatic carbocycles. The number of anilines is 1. The van der Waals surface area contributed by atoms with Crippen LogP contribution in [0.5, 0.6) is 0 Å². The molecule has 5 aliphatic rings. The Morgan fingerprint density at radius 1 is 1.14 bits per heavy atom. The number of carbonyl (C=O) groups excluding carboxylic acids is 2. The maximum atomic E-state index is 14.3. The zero-order chi connectivity index (χ0) is 25.3. The number of fused-ring (bicyclic) bond motifs is 1. The first-order chi connectivity index (χ1) is 17.1. The highest BCUT2D eigenvalue weighted by Crippen LogP contribution is 2.70. The zero-order valence-electron chi connectivity index (χ0n) is 20.9. The van der Waals surface area contributed by atoms with E-state index in [1.54, 1.807) is 4.90 Å². The molecule has 8 heteroatoms. The summed E-state index contributed by atoms with van der Waals surface area (Å²) in [7, 11) is 0. The Kier molecular flexibility index (Phi) is 5.45. The average Bonchev–Trinajstić information content (AvgIpc) is 2.76. The maximum Gasteiger partial charge on any atom is 0.258 e. The summed E-state index contributed by atoms with van der Waals surface area (Å²) in [6.07, 6.45) is 9.75. The van der Waals surface area contributed by atoms with Crippen molar-refractivity contribution < 1.29 is 14.0 Å². The summed E-state index contributed by atoms with van der Waals surface area (Å²) in [6.45, 7) is 5.43. The molecule has 2 heterocycles. The van der Waals surface area contributed by atoms with Crippen molar-refractivity contribution in [3.63, 3.8) is 0 Å². The number of carbonyl (C=O) groups is 2. The van der Waals surface area contributed by atoms with E-state index >= 15 is 0 Å². The van der Waals surface area contributed by atoms with E-state index in [9.17, 15) is 14.0 Å². The molecule has 4 fully saturated rings. The van der Waals surface area contributed by atoms with Gasteiger partial charge in [-0.25, -0.2) is 14.4 Å². The van der Waals surface area contributed by atoms with Crippen LogP contribution in [0.25, 0.3) is 0 Å². The van der Waals surface area contributed by atoms with E-state index in [4.69, 9.17) is 11.6 Å². The van der Waals surface area contributed by atoms with E-state index in [-0.39, 0.29) is 28.5 Å². The Morgan fingerprint density at radius 3 is 2.58 bits per heavy atom. The van der Waals surface area contributed by atoms with Gasteiger partial charge in [-0.2, -0.15) is 0 Å². The van der Waals surface area contributed by atoms with Crippen molar-refractivity contribution >= 4 is 29.2 Å². The van der Waals surface area contributed by atoms with Crippen molar-refractivity contribution in [2.24, 2.45) is 22.2 Å². The van der Waals surface area contributed by atoms with Crippen molar-refractivity contribution in [3.8, 4) is 0 Å². The summed E-state index contributed by atoms with van der Waals surface area (Å²) in [5, 5.41) is 3.18. The van der Waals surface area contributed by atoms with Crippen LogP contribution >= 0.6 is 11.6 Å². The summed E-state index contributed by atoms with van der Waals surface area (Å²) in [5.41, 5.74) is 2.20. The van der Waals surface area contributed by atoms with Crippen LogP contribution in [0.4, 0.5) is 10.2 Å². The van der Waals surface area contributed by atoms with Gasteiger partial charge in [-0.3, -0.25) is 9.59 Å². The minimum atomic E-state index is -0.638. The van der Waals surface area contributed by atoms with Gasteiger partial charge in [0.1, 0.15) is 18.0 Å². The molecule has 6 nitrogen and oxygen atoms in total. The molecule has 1 aromatic heterocycles. The topological polar surface area (TPSA) is 75.2 Å². The minimum absolute atomic E-state index is 0.0155. The Balaban J connectivity index is 1.17. The maximum absolute atomic E-state index is 14.3. The second kappa shape index (κ2) is 8.23. The van der Waals surface area contributed by atoms with Crippen LogP contribution in [0.2, 0.25) is 5.02 Å². The van der Waals surface area contributed by atoms with Crippen molar-refractivity contribution in [1.82, 2.24) is 14.9 Å². The highest BCUT2D eigenvalue weighted by Gasteiger charge is 2.60. The van der Waals surface area contributed by atoms with E-state index in [1.165, 1.54) is 43.8 Å². The number of benzene rings is 1. The molecule has 2 amide bonds. The number of nitrogens with zero attached hydrogens (tertiary/aromatic N) is 3. The molecule has 4 saturated carbocycles. The van der Waals surface area contributed by atoms with Crippen LogP contribution in [0, 0.1) is 28.0 Å². The predicted molar refractivity (Wildman–Crippen MR) is 135 cm³/mol. The fourth-order valence-corrected chi connectivity index (χ4v) is 9.14. The molecule has 0 saturated heterocycles. The van der Waals surface area contributed by atoms with Gasteiger partial charge < -0.3 is 10.2 Å². The second-order valence-electron chi connectivity index (χ2n) is 12.6. The summed E-state index contributed by atoms with van der Waals surface area (Å²) < 4.78 is 14.3. The first-order valence-electron chi connectivity index (χ1n) is 12.9. The molecule has 2 atom stereocenters. The molecule has 2 unspecified atom stereocenters. The number of hydrogen-bond donors (Lipinski definition) is 1. The molecule has 2 aromatic rings. The average molecular weight is 511 g/mol. The van der Waals surface area contributed by atoms with Crippen LogP contribution in [-0.4, -0.2) is 33.2 Å². The lowest BCUT2D eigenvalue weighted by Crippen LogP contribution is -2.55. The second-order valence-corrected chi connectivity index (χ2v) is 13.0. The van der Waals surface area contributed by atoms with Gasteiger partial charge in [-0.1, -0.05) is 31.5 Å². The van der Waals surface area contributed by atoms with E-state index in [2.05, 4.69) is 29.1 Å². The van der Waals surface area contributed by atoms with Gasteiger partial charge in [0.25, 0.3) is 5.91 Å². The van der Waals surface area contributed by atoms with Crippen molar-refractivity contribution in [2.45, 2.75) is 71.8 Å². The van der Waals surface area contributed by atoms with Gasteiger partial charge in [0.2, 0.25) is 5.91 Å². The van der Waals surface area contributed by atoms with Gasteiger partial charge in [0.15, 0.2) is 0 Å². The normalized spacial score (nSPS) is 32.3. The van der Waals surface area contributed by atoms with Crippen molar-refractivity contribution in [3.05, 3.63) is 52.2 Å². The summed E-state index contributed by atoms with van der Waals surface area (Å²) >= 11 is 6.11. The van der Waals surface area contributed by atoms with Crippen molar-refractivity contribution in [2.75, 3.05) is 11.9 Å². The Morgan fingerprint density at radius 2 is 1.89 bits per heavy atom. The highest BCUT2D eigenvalue weighted by atomic mass is 35.5. The number of amides is 2. The van der Waals surface area contributed by atoms with Crippen LogP contribution in [0.1, 0.15) is 80.4 Å².